The number of carbonyl (C=O) groups is 2. The SMILES string of the molecule is CCOc1ccc2nc(N3C(=O)C(=O)/C(=C(/O)c4ccc5c(c4)OCCO5)[C@H]3c3ccc(OCCC(C)C)c(OC)c3)sc2c1. The quantitative estimate of drug-likeness (QED) is 0.119. The molecule has 234 valence electrons. The summed E-state index contributed by atoms with van der Waals surface area (Å²) in [5.74, 6) is 1.11. The third kappa shape index (κ3) is 5.87. The lowest BCUT2D eigenvalue weighted by atomic mass is 9.95. The third-order valence-corrected chi connectivity index (χ3v) is 8.60. The highest BCUT2D eigenvalue weighted by Gasteiger charge is 2.48. The number of rotatable bonds is 10. The van der Waals surface area contributed by atoms with E-state index in [1.165, 1.54) is 23.3 Å². The maximum Gasteiger partial charge on any atom is 0.301 e. The number of ether oxygens (including phenoxy) is 5. The van der Waals surface area contributed by atoms with Crippen LogP contribution < -0.4 is 28.6 Å². The number of amides is 1. The van der Waals surface area contributed by atoms with E-state index < -0.39 is 17.7 Å². The summed E-state index contributed by atoms with van der Waals surface area (Å²) < 4.78 is 29.4. The second kappa shape index (κ2) is 12.7. The number of nitrogens with zero attached hydrogens (tertiary/aromatic N) is 2. The van der Waals surface area contributed by atoms with E-state index in [4.69, 9.17) is 28.7 Å². The van der Waals surface area contributed by atoms with E-state index in [9.17, 15) is 14.7 Å². The Morgan fingerprint density at radius 2 is 1.82 bits per heavy atom. The molecule has 1 N–H and O–H groups in total. The van der Waals surface area contributed by atoms with Gasteiger partial charge in [0.05, 0.1) is 42.2 Å². The van der Waals surface area contributed by atoms with Gasteiger partial charge in [-0.05, 0) is 73.4 Å². The molecule has 1 atom stereocenters. The van der Waals surface area contributed by atoms with Gasteiger partial charge in [0, 0.05) is 5.56 Å². The number of thiazole rings is 1. The molecule has 0 aliphatic carbocycles. The number of hydrogen-bond donors (Lipinski definition) is 1. The number of methoxy groups -OCH3 is 1. The summed E-state index contributed by atoms with van der Waals surface area (Å²) in [6, 6.07) is 14.6. The minimum Gasteiger partial charge on any atom is -0.507 e. The first-order valence-corrected chi connectivity index (χ1v) is 15.7. The van der Waals surface area contributed by atoms with E-state index in [0.29, 0.717) is 82.9 Å². The molecule has 1 amide bonds. The Balaban J connectivity index is 1.48. The van der Waals surface area contributed by atoms with Gasteiger partial charge < -0.3 is 28.8 Å². The van der Waals surface area contributed by atoms with Gasteiger partial charge in [0.2, 0.25) is 0 Å². The molecule has 2 aliphatic heterocycles. The lowest BCUT2D eigenvalue weighted by Gasteiger charge is -2.24. The Morgan fingerprint density at radius 3 is 2.58 bits per heavy atom. The van der Waals surface area contributed by atoms with Crippen LogP contribution in [-0.4, -0.2) is 55.3 Å². The van der Waals surface area contributed by atoms with Crippen LogP contribution in [0, 0.1) is 5.92 Å². The van der Waals surface area contributed by atoms with Gasteiger partial charge in [0.1, 0.15) is 24.7 Å². The fourth-order valence-electron chi connectivity index (χ4n) is 5.32. The van der Waals surface area contributed by atoms with Crippen molar-refractivity contribution in [3.8, 4) is 28.7 Å². The summed E-state index contributed by atoms with van der Waals surface area (Å²) in [7, 11) is 1.53. The zero-order valence-electron chi connectivity index (χ0n) is 25.5. The Kier molecular flexibility index (Phi) is 8.53. The molecule has 0 unspecified atom stereocenters. The van der Waals surface area contributed by atoms with Crippen LogP contribution in [0.5, 0.6) is 28.7 Å². The van der Waals surface area contributed by atoms with Gasteiger partial charge in [-0.15, -0.1) is 0 Å². The van der Waals surface area contributed by atoms with E-state index >= 15 is 0 Å². The average Bonchev–Trinajstić information content (AvgIpc) is 3.57. The van der Waals surface area contributed by atoms with Crippen LogP contribution in [0.4, 0.5) is 5.13 Å². The number of hydrogen-bond acceptors (Lipinski definition) is 10. The van der Waals surface area contributed by atoms with Crippen molar-refractivity contribution < 1.29 is 38.4 Å². The van der Waals surface area contributed by atoms with Crippen molar-refractivity contribution in [1.29, 1.82) is 0 Å². The molecule has 2 aliphatic rings. The zero-order chi connectivity index (χ0) is 31.7. The highest BCUT2D eigenvalue weighted by atomic mass is 32.1. The molecule has 11 heteroatoms. The Bertz CT molecular complexity index is 1800. The monoisotopic (exact) mass is 630 g/mol. The molecule has 10 nitrogen and oxygen atoms in total. The summed E-state index contributed by atoms with van der Waals surface area (Å²) >= 11 is 1.26. The van der Waals surface area contributed by atoms with Crippen molar-refractivity contribution in [2.24, 2.45) is 5.92 Å². The summed E-state index contributed by atoms with van der Waals surface area (Å²) in [4.78, 5) is 33.7. The molecule has 1 fully saturated rings. The van der Waals surface area contributed by atoms with Crippen molar-refractivity contribution in [2.75, 3.05) is 38.4 Å². The van der Waals surface area contributed by atoms with Crippen LogP contribution in [0.2, 0.25) is 0 Å². The number of anilines is 1. The number of benzene rings is 3. The van der Waals surface area contributed by atoms with Gasteiger partial charge >= 0.3 is 5.91 Å². The average molecular weight is 631 g/mol. The number of aromatic nitrogens is 1. The van der Waals surface area contributed by atoms with Crippen LogP contribution in [0.3, 0.4) is 0 Å². The minimum atomic E-state index is -1.01. The molecular weight excluding hydrogens is 596 g/mol. The number of aliphatic hydroxyl groups excluding tert-OH is 1. The first-order valence-electron chi connectivity index (χ1n) is 14.8. The Morgan fingerprint density at radius 1 is 1.02 bits per heavy atom. The highest BCUT2D eigenvalue weighted by Crippen LogP contribution is 2.46. The van der Waals surface area contributed by atoms with Gasteiger partial charge in [0.15, 0.2) is 28.1 Å². The van der Waals surface area contributed by atoms with E-state index in [2.05, 4.69) is 13.8 Å². The Hall–Kier alpha value is -4.77. The van der Waals surface area contributed by atoms with Gasteiger partial charge in [-0.3, -0.25) is 14.5 Å². The zero-order valence-corrected chi connectivity index (χ0v) is 26.3. The summed E-state index contributed by atoms with van der Waals surface area (Å²) in [5, 5.41) is 12.0. The fourth-order valence-corrected chi connectivity index (χ4v) is 6.34. The summed E-state index contributed by atoms with van der Waals surface area (Å²) in [5.41, 5.74) is 1.42. The third-order valence-electron chi connectivity index (χ3n) is 7.58. The summed E-state index contributed by atoms with van der Waals surface area (Å²) in [6.07, 6.45) is 0.864. The second-order valence-electron chi connectivity index (χ2n) is 11.0. The topological polar surface area (TPSA) is 117 Å². The molecule has 3 heterocycles. The second-order valence-corrected chi connectivity index (χ2v) is 12.0. The predicted molar refractivity (Wildman–Crippen MR) is 171 cm³/mol. The van der Waals surface area contributed by atoms with E-state index in [1.807, 2.05) is 25.1 Å². The molecule has 3 aromatic carbocycles. The molecule has 1 aromatic heterocycles. The Labute approximate surface area is 264 Å². The molecule has 0 radical (unpaired) electrons. The predicted octanol–water partition coefficient (Wildman–Crippen LogP) is 6.53. The lowest BCUT2D eigenvalue weighted by Crippen LogP contribution is -2.29. The molecule has 0 spiro atoms. The van der Waals surface area contributed by atoms with Crippen LogP contribution in [-0.2, 0) is 9.59 Å². The van der Waals surface area contributed by atoms with Gasteiger partial charge in [-0.2, -0.15) is 0 Å². The molecule has 6 rings (SSSR count). The van der Waals surface area contributed by atoms with Crippen LogP contribution in [0.25, 0.3) is 16.0 Å². The van der Waals surface area contributed by atoms with Crippen molar-refractivity contribution in [3.63, 3.8) is 0 Å². The van der Waals surface area contributed by atoms with Gasteiger partial charge in [0.25, 0.3) is 5.78 Å². The van der Waals surface area contributed by atoms with E-state index in [-0.39, 0.29) is 11.3 Å². The van der Waals surface area contributed by atoms with Crippen LogP contribution >= 0.6 is 11.3 Å². The molecule has 0 saturated carbocycles. The van der Waals surface area contributed by atoms with Crippen molar-refractivity contribution >= 4 is 44.1 Å². The van der Waals surface area contributed by atoms with Crippen LogP contribution in [0.1, 0.15) is 44.4 Å². The number of aliphatic hydroxyl groups is 1. The number of ketones is 1. The van der Waals surface area contributed by atoms with E-state index in [1.54, 1.807) is 36.4 Å². The number of Topliss-reactive ketones (excluding diaryl/α,β-unsaturated/α-hetero) is 1. The smallest absolute Gasteiger partial charge is 0.301 e. The van der Waals surface area contributed by atoms with Gasteiger partial charge in [-0.1, -0.05) is 31.3 Å². The van der Waals surface area contributed by atoms with Crippen molar-refractivity contribution in [3.05, 3.63) is 71.3 Å². The maximum atomic E-state index is 13.8. The normalized spacial score (nSPS) is 17.3. The molecule has 4 aromatic rings. The molecule has 0 bridgehead atoms. The molecule has 1 saturated heterocycles. The number of fused-ring (bicyclic) bond motifs is 2. The van der Waals surface area contributed by atoms with Crippen molar-refractivity contribution in [1.82, 2.24) is 4.98 Å². The highest BCUT2D eigenvalue weighted by molar-refractivity contribution is 7.22. The number of carbonyl (C=O) groups excluding carboxylic acids is 2. The first kappa shape index (κ1) is 30.3. The summed E-state index contributed by atoms with van der Waals surface area (Å²) in [6.45, 7) is 7.92. The lowest BCUT2D eigenvalue weighted by molar-refractivity contribution is -0.132. The molecule has 45 heavy (non-hydrogen) atoms. The largest absolute Gasteiger partial charge is 0.507 e. The molecular formula is C34H34N2O8S. The van der Waals surface area contributed by atoms with Crippen molar-refractivity contribution in [2.45, 2.75) is 33.2 Å². The fraction of sp³-hybridized carbons (Fsp3) is 0.324. The van der Waals surface area contributed by atoms with Gasteiger partial charge in [-0.25, -0.2) is 4.98 Å². The first-order chi connectivity index (χ1) is 21.8. The van der Waals surface area contributed by atoms with E-state index in [0.717, 1.165) is 11.1 Å². The minimum absolute atomic E-state index is 0.0820. The van der Waals surface area contributed by atoms with Crippen LogP contribution in [0.15, 0.2) is 60.2 Å². The maximum absolute atomic E-state index is 13.8. The standard InChI is InChI=1S/C34H34N2O8S/c1-5-41-22-8-9-23-28(18-22)45-34(35-23)36-30(20-6-10-24(26(16-20)40-4)42-13-12-19(2)3)29(32(38)33(36)39)31(37)21-7-11-25-27(17-21)44-15-14-43-25/h6-11,16-19,30,37H,5,12-15H2,1-4H3/b31-29+/t30-/m1/s1.